The molecular weight excluding hydrogens is 398 g/mol. The van der Waals surface area contributed by atoms with E-state index in [2.05, 4.69) is 25.4 Å². The van der Waals surface area contributed by atoms with Crippen LogP contribution in [0.4, 0.5) is 5.69 Å². The highest BCUT2D eigenvalue weighted by Crippen LogP contribution is 2.24. The van der Waals surface area contributed by atoms with Crippen LogP contribution >= 0.6 is 0 Å². The Morgan fingerprint density at radius 1 is 1.10 bits per heavy atom. The standard InChI is InChI=1S/C21H21N7O3/c1-13-14(2)28(12-24-13)18-9-19(23-11-22-18)31-16-7-5-15(6-8-16)25-20(29)17-10-27(3)26-21(17)30-4/h5-12H,1-4H3,(H,25,29). The molecule has 3 heterocycles. The lowest BCUT2D eigenvalue weighted by atomic mass is 10.2. The molecule has 0 spiro atoms. The van der Waals surface area contributed by atoms with Crippen LogP contribution in [0, 0.1) is 13.8 Å². The molecule has 158 valence electrons. The number of carbonyl (C=O) groups excluding carboxylic acids is 1. The maximum atomic E-state index is 12.5. The van der Waals surface area contributed by atoms with E-state index in [0.717, 1.165) is 11.4 Å². The van der Waals surface area contributed by atoms with E-state index in [-0.39, 0.29) is 11.8 Å². The predicted molar refractivity (Wildman–Crippen MR) is 113 cm³/mol. The molecule has 4 aromatic rings. The third-order valence-corrected chi connectivity index (χ3v) is 4.69. The number of nitrogens with one attached hydrogen (secondary N) is 1. The van der Waals surface area contributed by atoms with Crippen LogP contribution in [0.2, 0.25) is 0 Å². The first kappa shape index (κ1) is 20.1. The van der Waals surface area contributed by atoms with Gasteiger partial charge in [0.2, 0.25) is 11.8 Å². The summed E-state index contributed by atoms with van der Waals surface area (Å²) in [6, 6.07) is 8.69. The summed E-state index contributed by atoms with van der Waals surface area (Å²) in [6.07, 6.45) is 4.75. The molecule has 4 rings (SSSR count). The van der Waals surface area contributed by atoms with Crippen molar-refractivity contribution in [2.24, 2.45) is 7.05 Å². The van der Waals surface area contributed by atoms with Gasteiger partial charge in [0.1, 0.15) is 29.8 Å². The van der Waals surface area contributed by atoms with Crippen molar-refractivity contribution in [3.8, 4) is 23.3 Å². The second-order valence-corrected chi connectivity index (χ2v) is 6.81. The fraction of sp³-hybridized carbons (Fsp3) is 0.190. The van der Waals surface area contributed by atoms with Gasteiger partial charge in [0, 0.05) is 30.7 Å². The van der Waals surface area contributed by atoms with Gasteiger partial charge in [-0.25, -0.2) is 15.0 Å². The zero-order chi connectivity index (χ0) is 22.0. The largest absolute Gasteiger partial charge is 0.479 e. The molecule has 1 aromatic carbocycles. The minimum absolute atomic E-state index is 0.267. The summed E-state index contributed by atoms with van der Waals surface area (Å²) in [4.78, 5) is 25.2. The van der Waals surface area contributed by atoms with Gasteiger partial charge in [-0.3, -0.25) is 14.0 Å². The number of carbonyl (C=O) groups is 1. The molecule has 0 fully saturated rings. The molecule has 0 radical (unpaired) electrons. The molecule has 3 aromatic heterocycles. The molecule has 0 atom stereocenters. The molecule has 0 aliphatic rings. The molecule has 0 unspecified atom stereocenters. The maximum Gasteiger partial charge on any atom is 0.262 e. The van der Waals surface area contributed by atoms with Gasteiger partial charge in [-0.15, -0.1) is 5.10 Å². The Bertz CT molecular complexity index is 1230. The molecule has 10 nitrogen and oxygen atoms in total. The number of hydrogen-bond donors (Lipinski definition) is 1. The van der Waals surface area contributed by atoms with Gasteiger partial charge >= 0.3 is 0 Å². The van der Waals surface area contributed by atoms with Crippen molar-refractivity contribution in [3.63, 3.8) is 0 Å². The van der Waals surface area contributed by atoms with Gasteiger partial charge in [0.15, 0.2) is 0 Å². The van der Waals surface area contributed by atoms with Crippen LogP contribution in [0.5, 0.6) is 17.5 Å². The van der Waals surface area contributed by atoms with Gasteiger partial charge in [-0.1, -0.05) is 0 Å². The number of benzene rings is 1. The van der Waals surface area contributed by atoms with Crippen molar-refractivity contribution >= 4 is 11.6 Å². The van der Waals surface area contributed by atoms with Crippen LogP contribution in [0.25, 0.3) is 5.82 Å². The van der Waals surface area contributed by atoms with E-state index in [4.69, 9.17) is 9.47 Å². The first-order chi connectivity index (χ1) is 14.9. The van der Waals surface area contributed by atoms with Gasteiger partial charge in [-0.05, 0) is 38.1 Å². The molecule has 31 heavy (non-hydrogen) atoms. The quantitative estimate of drug-likeness (QED) is 0.511. The molecule has 1 amide bonds. The monoisotopic (exact) mass is 419 g/mol. The lowest BCUT2D eigenvalue weighted by Gasteiger charge is -2.09. The van der Waals surface area contributed by atoms with Gasteiger partial charge in [0.05, 0.1) is 12.8 Å². The lowest BCUT2D eigenvalue weighted by molar-refractivity contribution is 0.102. The third kappa shape index (κ3) is 4.22. The normalized spacial score (nSPS) is 10.7. The lowest BCUT2D eigenvalue weighted by Crippen LogP contribution is -2.12. The van der Waals surface area contributed by atoms with Gasteiger partial charge in [-0.2, -0.15) is 0 Å². The maximum absolute atomic E-state index is 12.5. The molecule has 1 N–H and O–H groups in total. The minimum atomic E-state index is -0.315. The Kier molecular flexibility index (Phi) is 5.35. The van der Waals surface area contributed by atoms with E-state index in [1.807, 2.05) is 18.4 Å². The number of aromatic nitrogens is 6. The van der Waals surface area contributed by atoms with E-state index >= 15 is 0 Å². The molecule has 0 bridgehead atoms. The number of imidazole rings is 1. The second-order valence-electron chi connectivity index (χ2n) is 6.81. The number of hydrogen-bond acceptors (Lipinski definition) is 7. The fourth-order valence-corrected chi connectivity index (χ4v) is 2.95. The van der Waals surface area contributed by atoms with Crippen molar-refractivity contribution in [1.82, 2.24) is 29.3 Å². The van der Waals surface area contributed by atoms with Crippen molar-refractivity contribution in [1.29, 1.82) is 0 Å². The highest BCUT2D eigenvalue weighted by Gasteiger charge is 2.16. The third-order valence-electron chi connectivity index (χ3n) is 4.69. The molecule has 0 saturated carbocycles. The van der Waals surface area contributed by atoms with Crippen LogP contribution in [0.15, 0.2) is 49.2 Å². The van der Waals surface area contributed by atoms with Crippen LogP contribution in [-0.4, -0.2) is 42.3 Å². The van der Waals surface area contributed by atoms with Crippen molar-refractivity contribution < 1.29 is 14.3 Å². The molecule has 0 saturated heterocycles. The van der Waals surface area contributed by atoms with Crippen LogP contribution in [-0.2, 0) is 7.05 Å². The first-order valence-electron chi connectivity index (χ1n) is 9.44. The second kappa shape index (κ2) is 8.27. The summed E-state index contributed by atoms with van der Waals surface area (Å²) >= 11 is 0. The van der Waals surface area contributed by atoms with Crippen LogP contribution in [0.3, 0.4) is 0 Å². The van der Waals surface area contributed by atoms with Crippen molar-refractivity contribution in [2.75, 3.05) is 12.4 Å². The average Bonchev–Trinajstić information content (AvgIpc) is 3.31. The smallest absolute Gasteiger partial charge is 0.262 e. The Balaban J connectivity index is 1.46. The summed E-state index contributed by atoms with van der Waals surface area (Å²) in [6.45, 7) is 3.91. The topological polar surface area (TPSA) is 109 Å². The Labute approximate surface area is 178 Å². The summed E-state index contributed by atoms with van der Waals surface area (Å²) < 4.78 is 14.4. The Morgan fingerprint density at radius 2 is 1.87 bits per heavy atom. The minimum Gasteiger partial charge on any atom is -0.479 e. The number of nitrogens with zero attached hydrogens (tertiary/aromatic N) is 6. The summed E-state index contributed by atoms with van der Waals surface area (Å²) in [5.74, 6) is 1.58. The predicted octanol–water partition coefficient (Wildman–Crippen LogP) is 3.07. The van der Waals surface area contributed by atoms with Crippen LogP contribution in [0.1, 0.15) is 21.7 Å². The molecule has 10 heteroatoms. The SMILES string of the molecule is COc1nn(C)cc1C(=O)Nc1ccc(Oc2cc(-n3cnc(C)c3C)ncn2)cc1. The number of methoxy groups -OCH3 is 1. The number of amides is 1. The highest BCUT2D eigenvalue weighted by molar-refractivity contribution is 6.05. The average molecular weight is 419 g/mol. The van der Waals surface area contributed by atoms with Crippen LogP contribution < -0.4 is 14.8 Å². The van der Waals surface area contributed by atoms with E-state index in [1.54, 1.807) is 49.9 Å². The summed E-state index contributed by atoms with van der Waals surface area (Å²) in [7, 11) is 3.19. The van der Waals surface area contributed by atoms with E-state index in [0.29, 0.717) is 28.7 Å². The number of ether oxygens (including phenoxy) is 2. The summed E-state index contributed by atoms with van der Waals surface area (Å²) in [5.41, 5.74) is 2.89. The fourth-order valence-electron chi connectivity index (χ4n) is 2.95. The van der Waals surface area contributed by atoms with Crippen molar-refractivity contribution in [2.45, 2.75) is 13.8 Å². The molecule has 0 aliphatic carbocycles. The summed E-state index contributed by atoms with van der Waals surface area (Å²) in [5, 5.41) is 6.90. The van der Waals surface area contributed by atoms with E-state index in [9.17, 15) is 4.79 Å². The highest BCUT2D eigenvalue weighted by atomic mass is 16.5. The molecular formula is C21H21N7O3. The Morgan fingerprint density at radius 3 is 2.55 bits per heavy atom. The van der Waals surface area contributed by atoms with E-state index < -0.39 is 0 Å². The van der Waals surface area contributed by atoms with Gasteiger partial charge < -0.3 is 14.8 Å². The van der Waals surface area contributed by atoms with Crippen molar-refractivity contribution in [3.05, 3.63) is 66.1 Å². The number of aryl methyl sites for hydroxylation is 2. The zero-order valence-electron chi connectivity index (χ0n) is 17.5. The zero-order valence-corrected chi connectivity index (χ0v) is 17.5. The number of rotatable bonds is 6. The Hall–Kier alpha value is -4.21. The van der Waals surface area contributed by atoms with E-state index in [1.165, 1.54) is 18.1 Å². The number of anilines is 1. The first-order valence-corrected chi connectivity index (χ1v) is 9.44. The molecule has 0 aliphatic heterocycles. The van der Waals surface area contributed by atoms with Gasteiger partial charge in [0.25, 0.3) is 5.91 Å².